The second-order valence-electron chi connectivity index (χ2n) is 19.2. The van der Waals surface area contributed by atoms with Gasteiger partial charge in [0.1, 0.15) is 13.2 Å². The molecule has 0 aliphatic heterocycles. The van der Waals surface area contributed by atoms with Crippen LogP contribution in [0.5, 0.6) is 0 Å². The quantitative estimate of drug-likeness (QED) is 0.0211. The summed E-state index contributed by atoms with van der Waals surface area (Å²) in [5.41, 5.74) is 0. The van der Waals surface area contributed by atoms with Gasteiger partial charge < -0.3 is 28.5 Å². The molecule has 0 heterocycles. The summed E-state index contributed by atoms with van der Waals surface area (Å²) in [6, 6.07) is 0. The molecular weight excluding hydrogens is 791 g/mol. The predicted molar refractivity (Wildman–Crippen MR) is 263 cm³/mol. The van der Waals surface area contributed by atoms with E-state index in [0.29, 0.717) is 17.4 Å². The zero-order valence-corrected chi connectivity index (χ0v) is 42.0. The van der Waals surface area contributed by atoms with Crippen LogP contribution >= 0.6 is 0 Å². The van der Waals surface area contributed by atoms with Gasteiger partial charge in [-0.1, -0.05) is 212 Å². The highest BCUT2D eigenvalue weighted by molar-refractivity contribution is 5.71. The molecule has 1 N–H and O–H groups in total. The van der Waals surface area contributed by atoms with Crippen LogP contribution in [0, 0.1) is 0 Å². The van der Waals surface area contributed by atoms with E-state index < -0.39 is 24.3 Å². The molecule has 0 aromatic heterocycles. The van der Waals surface area contributed by atoms with Crippen molar-refractivity contribution in [2.24, 2.45) is 0 Å². The summed E-state index contributed by atoms with van der Waals surface area (Å²) < 4.78 is 22.8. The maximum Gasteiger partial charge on any atom is 0.361 e. The fourth-order valence-corrected chi connectivity index (χ4v) is 7.57. The van der Waals surface area contributed by atoms with E-state index in [1.54, 1.807) is 0 Å². The number of unbranched alkanes of at least 4 members (excludes halogenated alkanes) is 30. The van der Waals surface area contributed by atoms with Crippen LogP contribution in [0.3, 0.4) is 0 Å². The Bertz CT molecular complexity index is 1090. The van der Waals surface area contributed by atoms with Gasteiger partial charge in [-0.3, -0.25) is 9.59 Å². The molecule has 0 spiro atoms. The Morgan fingerprint density at radius 1 is 0.476 bits per heavy atom. The van der Waals surface area contributed by atoms with Gasteiger partial charge in [0.05, 0.1) is 34.4 Å². The summed E-state index contributed by atoms with van der Waals surface area (Å²) in [5, 5.41) is 9.67. The first kappa shape index (κ1) is 60.8. The smallest absolute Gasteiger partial charge is 0.361 e. The molecule has 0 radical (unpaired) electrons. The summed E-state index contributed by atoms with van der Waals surface area (Å²) in [6.45, 7) is 4.88. The molecule has 0 saturated heterocycles. The van der Waals surface area contributed by atoms with Gasteiger partial charge >= 0.3 is 17.9 Å². The molecule has 0 saturated carbocycles. The average molecular weight is 893 g/mol. The van der Waals surface area contributed by atoms with E-state index in [2.05, 4.69) is 38.2 Å². The van der Waals surface area contributed by atoms with Crippen LogP contribution in [0.2, 0.25) is 0 Å². The molecule has 0 aliphatic rings. The first-order chi connectivity index (χ1) is 30.6. The van der Waals surface area contributed by atoms with Crippen LogP contribution in [0.25, 0.3) is 0 Å². The van der Waals surface area contributed by atoms with E-state index in [1.807, 2.05) is 21.1 Å². The number of ether oxygens (including phenoxy) is 4. The van der Waals surface area contributed by atoms with Crippen molar-refractivity contribution in [1.82, 2.24) is 0 Å². The Kier molecular flexibility index (Phi) is 44.7. The minimum atomic E-state index is -1.51. The SMILES string of the molecule is CCCCC/C=C\C/C=C\CCCCCCCCCCCC(=O)OC(COC(=O)CCCCCCCCCCCCCCCCCCCCC)COC(OCC[N+](C)(C)C)C(=O)O. The second kappa shape index (κ2) is 46.3. The minimum absolute atomic E-state index is 0.179. The van der Waals surface area contributed by atoms with Crippen molar-refractivity contribution in [2.75, 3.05) is 47.5 Å². The van der Waals surface area contributed by atoms with Gasteiger partial charge in [-0.25, -0.2) is 4.79 Å². The fraction of sp³-hybridized carbons (Fsp3) is 0.870. The third kappa shape index (κ3) is 47.5. The molecular formula is C54H102NO8+. The lowest BCUT2D eigenvalue weighted by Crippen LogP contribution is -2.40. The van der Waals surface area contributed by atoms with Crippen molar-refractivity contribution >= 4 is 17.9 Å². The highest BCUT2D eigenvalue weighted by Gasteiger charge is 2.25. The highest BCUT2D eigenvalue weighted by Crippen LogP contribution is 2.16. The van der Waals surface area contributed by atoms with Gasteiger partial charge in [-0.2, -0.15) is 0 Å². The number of carbonyl (C=O) groups is 3. The third-order valence-electron chi connectivity index (χ3n) is 11.7. The summed E-state index contributed by atoms with van der Waals surface area (Å²) in [7, 11) is 5.97. The highest BCUT2D eigenvalue weighted by atomic mass is 16.7. The molecule has 0 aliphatic carbocycles. The first-order valence-corrected chi connectivity index (χ1v) is 26.5. The molecule has 63 heavy (non-hydrogen) atoms. The number of aliphatic carboxylic acids is 1. The monoisotopic (exact) mass is 893 g/mol. The second-order valence-corrected chi connectivity index (χ2v) is 19.2. The average Bonchev–Trinajstić information content (AvgIpc) is 3.24. The van der Waals surface area contributed by atoms with E-state index in [9.17, 15) is 19.5 Å². The lowest BCUT2D eigenvalue weighted by molar-refractivity contribution is -0.870. The molecule has 0 amide bonds. The van der Waals surface area contributed by atoms with E-state index in [0.717, 1.165) is 51.4 Å². The Morgan fingerprint density at radius 2 is 0.857 bits per heavy atom. The standard InChI is InChI=1S/C54H101NO8/c1-6-8-10-12-14-16-18-20-22-24-26-28-30-32-34-36-38-40-42-44-51(56)61-48-50(49-62-54(53(58)59)60-47-46-55(3,4)5)63-52(57)45-43-41-39-37-35-33-31-29-27-25-23-21-19-17-15-13-11-9-7-2/h15,17,21,23,50,54H,6-14,16,18-20,22,24-49H2,1-5H3/p+1/b17-15-,23-21-. The Morgan fingerprint density at radius 3 is 1.29 bits per heavy atom. The molecule has 0 rings (SSSR count). The maximum atomic E-state index is 12.8. The number of nitrogens with zero attached hydrogens (tertiary/aromatic N) is 1. The maximum absolute atomic E-state index is 12.8. The lowest BCUT2D eigenvalue weighted by atomic mass is 10.0. The van der Waals surface area contributed by atoms with Crippen LogP contribution in [-0.2, 0) is 33.3 Å². The molecule has 0 aromatic carbocycles. The van der Waals surface area contributed by atoms with Gasteiger partial charge in [-0.05, 0) is 44.9 Å². The number of quaternary nitrogens is 1. The van der Waals surface area contributed by atoms with Crippen molar-refractivity contribution in [3.63, 3.8) is 0 Å². The lowest BCUT2D eigenvalue weighted by Gasteiger charge is -2.25. The zero-order valence-electron chi connectivity index (χ0n) is 42.0. The van der Waals surface area contributed by atoms with Gasteiger partial charge in [0, 0.05) is 12.8 Å². The molecule has 9 nitrogen and oxygen atoms in total. The normalized spacial score (nSPS) is 13.0. The molecule has 0 aromatic rings. The van der Waals surface area contributed by atoms with Crippen LogP contribution in [0.4, 0.5) is 0 Å². The number of allylic oxidation sites excluding steroid dienone is 4. The van der Waals surface area contributed by atoms with Gasteiger partial charge in [0.25, 0.3) is 6.29 Å². The molecule has 0 fully saturated rings. The topological polar surface area (TPSA) is 108 Å². The van der Waals surface area contributed by atoms with Crippen LogP contribution < -0.4 is 0 Å². The van der Waals surface area contributed by atoms with Crippen molar-refractivity contribution < 1.29 is 42.9 Å². The van der Waals surface area contributed by atoms with Crippen molar-refractivity contribution in [2.45, 2.75) is 257 Å². The van der Waals surface area contributed by atoms with E-state index in [4.69, 9.17) is 18.9 Å². The summed E-state index contributed by atoms with van der Waals surface area (Å²) in [6.07, 6.45) is 49.5. The number of rotatable bonds is 49. The number of esters is 2. The largest absolute Gasteiger partial charge is 0.477 e. The third-order valence-corrected chi connectivity index (χ3v) is 11.7. The molecule has 9 heteroatoms. The van der Waals surface area contributed by atoms with E-state index >= 15 is 0 Å². The first-order valence-electron chi connectivity index (χ1n) is 26.5. The van der Waals surface area contributed by atoms with Crippen LogP contribution in [-0.4, -0.2) is 87.4 Å². The predicted octanol–water partition coefficient (Wildman–Crippen LogP) is 14.8. The Labute approximate surface area is 388 Å². The van der Waals surface area contributed by atoms with Gasteiger partial charge in [0.15, 0.2) is 6.10 Å². The van der Waals surface area contributed by atoms with Gasteiger partial charge in [-0.15, -0.1) is 0 Å². The number of hydrogen-bond acceptors (Lipinski definition) is 7. The number of carbonyl (C=O) groups excluding carboxylic acids is 2. The zero-order chi connectivity index (χ0) is 46.3. The fourth-order valence-electron chi connectivity index (χ4n) is 7.57. The van der Waals surface area contributed by atoms with Gasteiger partial charge in [0.2, 0.25) is 0 Å². The van der Waals surface area contributed by atoms with Crippen LogP contribution in [0.1, 0.15) is 245 Å². The van der Waals surface area contributed by atoms with Crippen molar-refractivity contribution in [3.05, 3.63) is 24.3 Å². The number of likely N-dealkylation sites (N-methyl/N-ethyl adjacent to an activating group) is 1. The molecule has 370 valence electrons. The van der Waals surface area contributed by atoms with E-state index in [-0.39, 0.29) is 32.2 Å². The van der Waals surface area contributed by atoms with Crippen molar-refractivity contribution in [3.8, 4) is 0 Å². The molecule has 2 unspecified atom stereocenters. The number of hydrogen-bond donors (Lipinski definition) is 1. The summed E-state index contributed by atoms with van der Waals surface area (Å²) in [4.78, 5) is 37.3. The molecule has 2 atom stereocenters. The number of carboxylic acids is 1. The molecule has 0 bridgehead atoms. The Balaban J connectivity index is 4.30. The van der Waals surface area contributed by atoms with E-state index in [1.165, 1.54) is 167 Å². The summed E-state index contributed by atoms with van der Waals surface area (Å²) in [5.74, 6) is -1.99. The van der Waals surface area contributed by atoms with Crippen LogP contribution in [0.15, 0.2) is 24.3 Å². The Hall–Kier alpha value is -2.23. The van der Waals surface area contributed by atoms with Crippen molar-refractivity contribution in [1.29, 1.82) is 0 Å². The minimum Gasteiger partial charge on any atom is -0.477 e. The number of carboxylic acid groups (broad SMARTS) is 1. The summed E-state index contributed by atoms with van der Waals surface area (Å²) >= 11 is 0.